The molecule has 1 unspecified atom stereocenters. The Balaban J connectivity index is 2.64. The zero-order valence-electron chi connectivity index (χ0n) is 11.7. The van der Waals surface area contributed by atoms with E-state index in [0.717, 1.165) is 19.3 Å². The Bertz CT molecular complexity index is 396. The van der Waals surface area contributed by atoms with Crippen molar-refractivity contribution in [1.82, 2.24) is 5.32 Å². The minimum atomic E-state index is -3.26. The number of hydrogen-bond acceptors (Lipinski definition) is 3. The van der Waals surface area contributed by atoms with Crippen LogP contribution in [-0.4, -0.2) is 37.8 Å². The lowest BCUT2D eigenvalue weighted by Crippen LogP contribution is -2.46. The minimum absolute atomic E-state index is 0.129. The summed E-state index contributed by atoms with van der Waals surface area (Å²) in [5.41, 5.74) is -0.129. The van der Waals surface area contributed by atoms with Gasteiger partial charge in [-0.2, -0.15) is 0 Å². The molecule has 0 aromatic carbocycles. The molecule has 0 saturated carbocycles. The maximum absolute atomic E-state index is 12.1. The fourth-order valence-electron chi connectivity index (χ4n) is 2.37. The molecular formula is C13H24ClNO3S. The third-order valence-electron chi connectivity index (χ3n) is 4.29. The Morgan fingerprint density at radius 1 is 1.32 bits per heavy atom. The zero-order valence-corrected chi connectivity index (χ0v) is 13.3. The molecule has 1 heterocycles. The van der Waals surface area contributed by atoms with Gasteiger partial charge in [-0.3, -0.25) is 4.79 Å². The van der Waals surface area contributed by atoms with Crippen LogP contribution in [0.1, 0.15) is 46.0 Å². The molecular weight excluding hydrogens is 286 g/mol. The van der Waals surface area contributed by atoms with Crippen LogP contribution in [0.2, 0.25) is 0 Å². The molecule has 1 atom stereocenters. The first-order valence-electron chi connectivity index (χ1n) is 6.96. The number of carbonyl (C=O) groups excluding carboxylic acids is 1. The average molecular weight is 310 g/mol. The van der Waals surface area contributed by atoms with E-state index in [1.807, 2.05) is 13.8 Å². The lowest BCUT2D eigenvalue weighted by atomic mass is 9.84. The molecule has 1 amide bonds. The van der Waals surface area contributed by atoms with E-state index < -0.39 is 15.1 Å². The first kappa shape index (κ1) is 16.8. The molecule has 4 nitrogen and oxygen atoms in total. The summed E-state index contributed by atoms with van der Waals surface area (Å²) >= 11 is 5.98. The number of amides is 1. The number of halogens is 1. The van der Waals surface area contributed by atoms with Gasteiger partial charge in [-0.15, -0.1) is 11.6 Å². The van der Waals surface area contributed by atoms with E-state index in [-0.39, 0.29) is 17.1 Å². The van der Waals surface area contributed by atoms with E-state index in [1.165, 1.54) is 0 Å². The Kier molecular flexibility index (Phi) is 6.12. The molecule has 1 saturated heterocycles. The van der Waals surface area contributed by atoms with Crippen molar-refractivity contribution in [1.29, 1.82) is 0 Å². The van der Waals surface area contributed by atoms with Gasteiger partial charge in [0.25, 0.3) is 0 Å². The van der Waals surface area contributed by atoms with Gasteiger partial charge >= 0.3 is 0 Å². The summed E-state index contributed by atoms with van der Waals surface area (Å²) in [6.07, 6.45) is 3.65. The largest absolute Gasteiger partial charge is 0.354 e. The quantitative estimate of drug-likeness (QED) is 0.764. The van der Waals surface area contributed by atoms with Gasteiger partial charge in [0, 0.05) is 17.8 Å². The number of sulfone groups is 1. The van der Waals surface area contributed by atoms with Crippen molar-refractivity contribution in [2.75, 3.05) is 18.2 Å². The van der Waals surface area contributed by atoms with Crippen LogP contribution in [0.4, 0.5) is 0 Å². The molecule has 1 N–H and O–H groups in total. The van der Waals surface area contributed by atoms with Crippen LogP contribution in [0.25, 0.3) is 0 Å². The van der Waals surface area contributed by atoms with Crippen LogP contribution in [0.5, 0.6) is 0 Å². The third kappa shape index (κ3) is 4.09. The van der Waals surface area contributed by atoms with E-state index in [4.69, 9.17) is 11.6 Å². The molecule has 0 bridgehead atoms. The monoisotopic (exact) mass is 309 g/mol. The molecule has 0 aromatic heterocycles. The van der Waals surface area contributed by atoms with E-state index in [2.05, 4.69) is 5.32 Å². The van der Waals surface area contributed by atoms with Crippen molar-refractivity contribution in [3.63, 3.8) is 0 Å². The summed E-state index contributed by atoms with van der Waals surface area (Å²) in [5.74, 6) is 0.251. The van der Waals surface area contributed by atoms with E-state index in [0.29, 0.717) is 25.3 Å². The number of nitrogens with one attached hydrogen (secondary N) is 1. The fraction of sp³-hybridized carbons (Fsp3) is 0.923. The highest BCUT2D eigenvalue weighted by atomic mass is 35.5. The van der Waals surface area contributed by atoms with Crippen molar-refractivity contribution in [3.05, 3.63) is 0 Å². The lowest BCUT2D eigenvalue weighted by molar-refractivity contribution is -0.121. The molecule has 0 aromatic rings. The van der Waals surface area contributed by atoms with Crippen LogP contribution in [-0.2, 0) is 14.6 Å². The van der Waals surface area contributed by atoms with Crippen molar-refractivity contribution >= 4 is 27.3 Å². The Morgan fingerprint density at radius 2 is 1.95 bits per heavy atom. The fourth-order valence-corrected chi connectivity index (χ4v) is 4.67. The molecule has 1 aliphatic heterocycles. The molecule has 0 aliphatic carbocycles. The van der Waals surface area contributed by atoms with E-state index >= 15 is 0 Å². The van der Waals surface area contributed by atoms with Gasteiger partial charge in [0.05, 0.1) is 5.75 Å². The van der Waals surface area contributed by atoms with Gasteiger partial charge in [-0.1, -0.05) is 20.3 Å². The van der Waals surface area contributed by atoms with Crippen LogP contribution in [0.3, 0.4) is 0 Å². The van der Waals surface area contributed by atoms with Gasteiger partial charge in [0.1, 0.15) is 5.25 Å². The Labute approximate surface area is 121 Å². The van der Waals surface area contributed by atoms with Gasteiger partial charge in [-0.25, -0.2) is 8.42 Å². The molecule has 1 aliphatic rings. The lowest BCUT2D eigenvalue weighted by Gasteiger charge is -2.30. The average Bonchev–Trinajstić information content (AvgIpc) is 2.40. The van der Waals surface area contributed by atoms with Gasteiger partial charge in [0.2, 0.25) is 5.91 Å². The number of rotatable bonds is 6. The molecule has 1 rings (SSSR count). The number of hydrogen-bond donors (Lipinski definition) is 1. The van der Waals surface area contributed by atoms with Crippen LogP contribution >= 0.6 is 11.6 Å². The number of alkyl halides is 1. The third-order valence-corrected chi connectivity index (χ3v) is 7.03. The predicted octanol–water partition coefficient (Wildman–Crippen LogP) is 2.12. The van der Waals surface area contributed by atoms with E-state index in [1.54, 1.807) is 0 Å². The summed E-state index contributed by atoms with van der Waals surface area (Å²) in [5, 5.41) is 1.94. The summed E-state index contributed by atoms with van der Waals surface area (Å²) in [4.78, 5) is 12.1. The highest BCUT2D eigenvalue weighted by Gasteiger charge is 2.36. The molecule has 6 heteroatoms. The normalized spacial score (nSPS) is 23.0. The maximum Gasteiger partial charge on any atom is 0.238 e. The topological polar surface area (TPSA) is 63.2 Å². The summed E-state index contributed by atoms with van der Waals surface area (Å²) in [6, 6.07) is 0. The Hall–Kier alpha value is -0.290. The molecule has 112 valence electrons. The van der Waals surface area contributed by atoms with Crippen LogP contribution in [0, 0.1) is 5.41 Å². The standard InChI is InChI=1S/C13H24ClNO3S/c1-3-13(4-2,9-14)10-15-12(16)11-7-5-6-8-19(11,17)18/h11H,3-10H2,1-2H3,(H,15,16). The molecule has 0 spiro atoms. The first-order valence-corrected chi connectivity index (χ1v) is 9.21. The summed E-state index contributed by atoms with van der Waals surface area (Å²) < 4.78 is 23.7. The SMILES string of the molecule is CCC(CC)(CCl)CNC(=O)C1CCCCS1(=O)=O. The predicted molar refractivity (Wildman–Crippen MR) is 78.2 cm³/mol. The van der Waals surface area contributed by atoms with Crippen LogP contribution in [0.15, 0.2) is 0 Å². The van der Waals surface area contributed by atoms with Crippen molar-refractivity contribution in [3.8, 4) is 0 Å². The molecule has 19 heavy (non-hydrogen) atoms. The van der Waals surface area contributed by atoms with Gasteiger partial charge in [-0.05, 0) is 25.7 Å². The van der Waals surface area contributed by atoms with Gasteiger partial charge < -0.3 is 5.32 Å². The second-order valence-electron chi connectivity index (χ2n) is 5.41. The number of carbonyl (C=O) groups is 1. The van der Waals surface area contributed by atoms with Crippen molar-refractivity contribution in [2.45, 2.75) is 51.2 Å². The smallest absolute Gasteiger partial charge is 0.238 e. The van der Waals surface area contributed by atoms with Crippen LogP contribution < -0.4 is 5.32 Å². The van der Waals surface area contributed by atoms with Gasteiger partial charge in [0.15, 0.2) is 9.84 Å². The Morgan fingerprint density at radius 3 is 2.42 bits per heavy atom. The van der Waals surface area contributed by atoms with E-state index in [9.17, 15) is 13.2 Å². The first-order chi connectivity index (χ1) is 8.90. The summed E-state index contributed by atoms with van der Waals surface area (Å²) in [7, 11) is -3.26. The highest BCUT2D eigenvalue weighted by molar-refractivity contribution is 7.92. The molecule has 0 radical (unpaired) electrons. The second kappa shape index (κ2) is 6.93. The minimum Gasteiger partial charge on any atom is -0.354 e. The van der Waals surface area contributed by atoms with Crippen molar-refractivity contribution < 1.29 is 13.2 Å². The zero-order chi connectivity index (χ0) is 14.5. The van der Waals surface area contributed by atoms with Crippen molar-refractivity contribution in [2.24, 2.45) is 5.41 Å². The highest BCUT2D eigenvalue weighted by Crippen LogP contribution is 2.27. The summed E-state index contributed by atoms with van der Waals surface area (Å²) in [6.45, 7) is 4.53. The molecule has 1 fully saturated rings. The second-order valence-corrected chi connectivity index (χ2v) is 7.98. The maximum atomic E-state index is 12.1.